The van der Waals surface area contributed by atoms with Gasteiger partial charge < -0.3 is 0 Å². The van der Waals surface area contributed by atoms with Crippen molar-refractivity contribution in [2.24, 2.45) is 0 Å². The van der Waals surface area contributed by atoms with E-state index < -0.39 is 3.23 Å². The smallest absolute Gasteiger partial charge is 0.196 e. The van der Waals surface area contributed by atoms with Crippen molar-refractivity contribution in [1.29, 1.82) is 0 Å². The molecule has 0 aliphatic heterocycles. The molecule has 0 saturated carbocycles. The summed E-state index contributed by atoms with van der Waals surface area (Å²) in [6.07, 6.45) is 1.60. The van der Waals surface area contributed by atoms with Crippen molar-refractivity contribution in [3.63, 3.8) is 0 Å². The summed E-state index contributed by atoms with van der Waals surface area (Å²) < 4.78 is -1.08. The molecule has 0 aliphatic rings. The Morgan fingerprint density at radius 1 is 0.905 bits per heavy atom. The monoisotopic (exact) mass is 404 g/mol. The van der Waals surface area contributed by atoms with E-state index in [0.717, 1.165) is 11.0 Å². The predicted molar refractivity (Wildman–Crippen MR) is 89.8 cm³/mol. The average molecular weight is 406 g/mol. The molecule has 0 atom stereocenters. The van der Waals surface area contributed by atoms with Gasteiger partial charge in [0.1, 0.15) is 0 Å². The predicted octanol–water partition coefficient (Wildman–Crippen LogP) is 4.46. The summed E-state index contributed by atoms with van der Waals surface area (Å²) in [6, 6.07) is 16.6. The Labute approximate surface area is 138 Å². The molecule has 0 spiro atoms. The van der Waals surface area contributed by atoms with Crippen molar-refractivity contribution < 1.29 is 4.79 Å². The summed E-state index contributed by atoms with van der Waals surface area (Å²) in [6.45, 7) is 0. The molecule has 0 aliphatic carbocycles. The van der Waals surface area contributed by atoms with Crippen LogP contribution in [-0.4, -0.2) is 15.8 Å². The van der Waals surface area contributed by atoms with Gasteiger partial charge in [0.25, 0.3) is 0 Å². The first-order valence-corrected chi connectivity index (χ1v) is 7.87. The molecule has 0 N–H and O–H groups in total. The van der Waals surface area contributed by atoms with E-state index in [9.17, 15) is 4.79 Å². The molecule has 2 aromatic carbocycles. The van der Waals surface area contributed by atoms with E-state index in [1.54, 1.807) is 18.3 Å². The van der Waals surface area contributed by atoms with Gasteiger partial charge in [-0.25, -0.2) is 4.98 Å². The van der Waals surface area contributed by atoms with Crippen molar-refractivity contribution in [3.8, 4) is 0 Å². The maximum atomic E-state index is 12.6. The van der Waals surface area contributed by atoms with E-state index in [1.807, 2.05) is 42.5 Å². The molecule has 0 bridgehead atoms. The summed E-state index contributed by atoms with van der Waals surface area (Å²) in [5.74, 6) is -0.118. The zero-order chi connectivity index (χ0) is 14.9. The first kappa shape index (κ1) is 14.4. The second-order valence-corrected chi connectivity index (χ2v) is 7.96. The van der Waals surface area contributed by atoms with Crippen molar-refractivity contribution in [2.75, 3.05) is 0 Å². The van der Waals surface area contributed by atoms with Gasteiger partial charge in [0.05, 0.1) is 22.9 Å². The average Bonchev–Trinajstić information content (AvgIpc) is 2.54. The molecule has 1 aromatic heterocycles. The number of fused-ring (bicyclic) bond motifs is 1. The van der Waals surface area contributed by atoms with Crippen LogP contribution in [0.4, 0.5) is 0 Å². The SMILES string of the molecule is O=C(c1ccccc1)C(Br)(Br)c1cnc2ccccc2n1. The highest BCUT2D eigenvalue weighted by atomic mass is 79.9. The fourth-order valence-electron chi connectivity index (χ4n) is 2.00. The zero-order valence-corrected chi connectivity index (χ0v) is 14.0. The van der Waals surface area contributed by atoms with Crippen LogP contribution in [0.3, 0.4) is 0 Å². The fourth-order valence-corrected chi connectivity index (χ4v) is 2.84. The molecule has 3 rings (SSSR count). The number of nitrogens with zero attached hydrogens (tertiary/aromatic N) is 2. The number of carbonyl (C=O) groups excluding carboxylic acids is 1. The molecule has 0 amide bonds. The van der Waals surface area contributed by atoms with Crippen LogP contribution in [0.2, 0.25) is 0 Å². The number of para-hydroxylation sites is 2. The molecule has 0 radical (unpaired) electrons. The topological polar surface area (TPSA) is 42.9 Å². The molecule has 3 aromatic rings. The zero-order valence-electron chi connectivity index (χ0n) is 10.8. The Kier molecular flexibility index (Phi) is 3.87. The molecular weight excluding hydrogens is 396 g/mol. The molecule has 0 saturated heterocycles. The number of benzene rings is 2. The van der Waals surface area contributed by atoms with Crippen LogP contribution < -0.4 is 0 Å². The number of hydrogen-bond acceptors (Lipinski definition) is 3. The lowest BCUT2D eigenvalue weighted by atomic mass is 10.1. The summed E-state index contributed by atoms with van der Waals surface area (Å²) in [7, 11) is 0. The Hall–Kier alpha value is -1.59. The van der Waals surface area contributed by atoms with E-state index in [-0.39, 0.29) is 5.78 Å². The third-order valence-corrected chi connectivity index (χ3v) is 4.62. The van der Waals surface area contributed by atoms with E-state index >= 15 is 0 Å². The number of Topliss-reactive ketones (excluding diaryl/α,β-unsaturated/α-hetero) is 1. The van der Waals surface area contributed by atoms with Gasteiger partial charge in [0, 0.05) is 5.56 Å². The molecule has 3 nitrogen and oxygen atoms in total. The number of aromatic nitrogens is 2. The molecule has 0 unspecified atom stereocenters. The van der Waals surface area contributed by atoms with Gasteiger partial charge in [0.2, 0.25) is 0 Å². The number of alkyl halides is 2. The number of hydrogen-bond donors (Lipinski definition) is 0. The first-order valence-electron chi connectivity index (χ1n) is 6.29. The Bertz CT molecular complexity index is 803. The summed E-state index contributed by atoms with van der Waals surface area (Å²) in [5, 5.41) is 0. The standard InChI is InChI=1S/C16H10Br2N2O/c17-16(18,15(21)11-6-2-1-3-7-11)14-10-19-12-8-4-5-9-13(12)20-14/h1-10H. The third-order valence-electron chi connectivity index (χ3n) is 3.09. The Balaban J connectivity index is 2.05. The summed E-state index contributed by atoms with van der Waals surface area (Å²) >= 11 is 6.89. The number of carbonyl (C=O) groups is 1. The fraction of sp³-hybridized carbons (Fsp3) is 0.0625. The minimum Gasteiger partial charge on any atom is -0.291 e. The minimum atomic E-state index is -1.08. The van der Waals surface area contributed by atoms with Gasteiger partial charge >= 0.3 is 0 Å². The molecule has 21 heavy (non-hydrogen) atoms. The maximum Gasteiger partial charge on any atom is 0.196 e. The van der Waals surface area contributed by atoms with Gasteiger partial charge in [0.15, 0.2) is 9.02 Å². The van der Waals surface area contributed by atoms with Crippen molar-refractivity contribution in [3.05, 3.63) is 72.1 Å². The largest absolute Gasteiger partial charge is 0.291 e. The van der Waals surface area contributed by atoms with Gasteiger partial charge in [-0.3, -0.25) is 9.78 Å². The van der Waals surface area contributed by atoms with E-state index in [4.69, 9.17) is 0 Å². The van der Waals surface area contributed by atoms with E-state index in [0.29, 0.717) is 11.3 Å². The van der Waals surface area contributed by atoms with Crippen LogP contribution in [0.25, 0.3) is 11.0 Å². The van der Waals surface area contributed by atoms with Crippen LogP contribution in [0, 0.1) is 0 Å². The summed E-state index contributed by atoms with van der Waals surface area (Å²) in [4.78, 5) is 21.5. The second-order valence-electron chi connectivity index (χ2n) is 4.51. The van der Waals surface area contributed by atoms with E-state index in [1.165, 1.54) is 0 Å². The van der Waals surface area contributed by atoms with Crippen LogP contribution in [0.5, 0.6) is 0 Å². The lowest BCUT2D eigenvalue weighted by Crippen LogP contribution is -2.24. The highest BCUT2D eigenvalue weighted by Gasteiger charge is 2.37. The van der Waals surface area contributed by atoms with Crippen LogP contribution in [-0.2, 0) is 3.23 Å². The third kappa shape index (κ3) is 2.76. The first-order chi connectivity index (χ1) is 10.1. The van der Waals surface area contributed by atoms with Crippen molar-refractivity contribution in [2.45, 2.75) is 3.23 Å². The van der Waals surface area contributed by atoms with Gasteiger partial charge in [-0.2, -0.15) is 0 Å². The van der Waals surface area contributed by atoms with Crippen molar-refractivity contribution in [1.82, 2.24) is 9.97 Å². The lowest BCUT2D eigenvalue weighted by molar-refractivity contribution is 0.0981. The van der Waals surface area contributed by atoms with Gasteiger partial charge in [-0.15, -0.1) is 0 Å². The van der Waals surface area contributed by atoms with Gasteiger partial charge in [-0.05, 0) is 12.1 Å². The van der Waals surface area contributed by atoms with Gasteiger partial charge in [-0.1, -0.05) is 74.3 Å². The maximum absolute atomic E-state index is 12.6. The Morgan fingerprint density at radius 3 is 2.24 bits per heavy atom. The van der Waals surface area contributed by atoms with E-state index in [2.05, 4.69) is 41.8 Å². The van der Waals surface area contributed by atoms with Crippen LogP contribution >= 0.6 is 31.9 Å². The number of ketones is 1. The summed E-state index contributed by atoms with van der Waals surface area (Å²) in [5.41, 5.74) is 2.67. The highest BCUT2D eigenvalue weighted by Crippen LogP contribution is 2.40. The molecule has 1 heterocycles. The molecular formula is C16H10Br2N2O. The lowest BCUT2D eigenvalue weighted by Gasteiger charge is -2.18. The van der Waals surface area contributed by atoms with Crippen LogP contribution in [0.1, 0.15) is 16.1 Å². The van der Waals surface area contributed by atoms with Crippen molar-refractivity contribution >= 4 is 48.7 Å². The molecule has 5 heteroatoms. The molecule has 0 fully saturated rings. The second kappa shape index (κ2) is 5.66. The van der Waals surface area contributed by atoms with Crippen LogP contribution in [0.15, 0.2) is 60.8 Å². The number of rotatable bonds is 3. The highest BCUT2D eigenvalue weighted by molar-refractivity contribution is 9.25. The quantitative estimate of drug-likeness (QED) is 0.477. The number of halogens is 2. The minimum absolute atomic E-state index is 0.118. The molecule has 104 valence electrons. The Morgan fingerprint density at radius 2 is 1.52 bits per heavy atom. The normalized spacial score (nSPS) is 11.5.